The fraction of sp³-hybridized carbons (Fsp3) is 0.769. The van der Waals surface area contributed by atoms with Gasteiger partial charge in [0, 0.05) is 31.6 Å². The van der Waals surface area contributed by atoms with Crippen molar-refractivity contribution in [1.29, 1.82) is 5.26 Å². The molecule has 0 bridgehead atoms. The van der Waals surface area contributed by atoms with Gasteiger partial charge in [-0.15, -0.1) is 0 Å². The summed E-state index contributed by atoms with van der Waals surface area (Å²) in [6.45, 7) is 15.1. The van der Waals surface area contributed by atoms with Gasteiger partial charge < -0.3 is 19.1 Å². The third-order valence-electron chi connectivity index (χ3n) is 5.91. The molecule has 1 aliphatic carbocycles. The molecule has 0 spiro atoms. The van der Waals surface area contributed by atoms with Crippen LogP contribution in [0.15, 0.2) is 12.3 Å². The number of aromatic nitrogens is 1. The number of rotatable bonds is 8. The fourth-order valence-corrected chi connectivity index (χ4v) is 4.33. The second-order valence-corrected chi connectivity index (χ2v) is 11.1. The first-order valence-electron chi connectivity index (χ1n) is 12.1. The first-order chi connectivity index (χ1) is 15.0. The van der Waals surface area contributed by atoms with Crippen molar-refractivity contribution < 1.29 is 14.2 Å². The number of pyridine rings is 1. The Kier molecular flexibility index (Phi) is 8.19. The largest absolute Gasteiger partial charge is 0.376 e. The van der Waals surface area contributed by atoms with Crippen LogP contribution in [-0.4, -0.2) is 54.2 Å². The number of piperidine rings is 1. The smallest absolute Gasteiger partial charge is 0.103 e. The Hall–Kier alpha value is -1.68. The van der Waals surface area contributed by atoms with E-state index in [1.807, 2.05) is 0 Å². The van der Waals surface area contributed by atoms with E-state index < -0.39 is 0 Å². The van der Waals surface area contributed by atoms with Crippen molar-refractivity contribution in [3.05, 3.63) is 23.5 Å². The molecular weight excluding hydrogens is 402 g/mol. The minimum Gasteiger partial charge on any atom is -0.376 e. The molecule has 6 heteroatoms. The van der Waals surface area contributed by atoms with Crippen LogP contribution in [0, 0.1) is 11.3 Å². The van der Waals surface area contributed by atoms with Crippen LogP contribution in [0.4, 0.5) is 5.69 Å². The van der Waals surface area contributed by atoms with Gasteiger partial charge in [0.15, 0.2) is 0 Å². The van der Waals surface area contributed by atoms with Crippen molar-refractivity contribution in [2.45, 2.75) is 110 Å². The molecule has 0 N–H and O–H groups in total. The van der Waals surface area contributed by atoms with E-state index in [2.05, 4.69) is 63.6 Å². The molecule has 6 nitrogen and oxygen atoms in total. The van der Waals surface area contributed by atoms with E-state index in [-0.39, 0.29) is 11.2 Å². The third kappa shape index (κ3) is 7.72. The first kappa shape index (κ1) is 25.0. The van der Waals surface area contributed by atoms with E-state index in [0.29, 0.717) is 30.5 Å². The molecule has 2 fully saturated rings. The second kappa shape index (κ2) is 10.5. The molecule has 1 aromatic heterocycles. The van der Waals surface area contributed by atoms with Crippen molar-refractivity contribution in [2.75, 3.05) is 24.6 Å². The van der Waals surface area contributed by atoms with Gasteiger partial charge in [-0.25, -0.2) is 0 Å². The Morgan fingerprint density at radius 2 is 1.72 bits per heavy atom. The SMILES string of the molecule is CC(C)(C)OCCCc1cc(N2CCC(OC3CC(OC(C)(C)C)C3)CC2)c(C#N)cn1. The van der Waals surface area contributed by atoms with Gasteiger partial charge in [-0.1, -0.05) is 0 Å². The summed E-state index contributed by atoms with van der Waals surface area (Å²) < 4.78 is 18.2. The summed E-state index contributed by atoms with van der Waals surface area (Å²) in [5.74, 6) is 0. The van der Waals surface area contributed by atoms with Gasteiger partial charge in [0.25, 0.3) is 0 Å². The Labute approximate surface area is 194 Å². The molecule has 178 valence electrons. The molecule has 3 rings (SSSR count). The van der Waals surface area contributed by atoms with Crippen LogP contribution in [-0.2, 0) is 20.6 Å². The number of hydrogen-bond donors (Lipinski definition) is 0. The van der Waals surface area contributed by atoms with Gasteiger partial charge >= 0.3 is 0 Å². The summed E-state index contributed by atoms with van der Waals surface area (Å²) in [5, 5.41) is 9.59. The molecule has 2 heterocycles. The van der Waals surface area contributed by atoms with Crippen LogP contribution >= 0.6 is 0 Å². The molecule has 2 aliphatic rings. The van der Waals surface area contributed by atoms with Crippen LogP contribution in [0.3, 0.4) is 0 Å². The number of anilines is 1. The van der Waals surface area contributed by atoms with Crippen molar-refractivity contribution in [1.82, 2.24) is 4.98 Å². The van der Waals surface area contributed by atoms with Gasteiger partial charge in [0.2, 0.25) is 0 Å². The molecule has 0 unspecified atom stereocenters. The van der Waals surface area contributed by atoms with E-state index in [4.69, 9.17) is 14.2 Å². The maximum Gasteiger partial charge on any atom is 0.103 e. The van der Waals surface area contributed by atoms with Crippen LogP contribution < -0.4 is 4.90 Å². The zero-order valence-corrected chi connectivity index (χ0v) is 20.8. The summed E-state index contributed by atoms with van der Waals surface area (Å²) >= 11 is 0. The lowest BCUT2D eigenvalue weighted by Crippen LogP contribution is -2.45. The average Bonchev–Trinajstić information content (AvgIpc) is 2.68. The van der Waals surface area contributed by atoms with Crippen molar-refractivity contribution in [3.8, 4) is 6.07 Å². The summed E-state index contributed by atoms with van der Waals surface area (Å²) in [7, 11) is 0. The zero-order chi connectivity index (χ0) is 23.4. The highest BCUT2D eigenvalue weighted by Crippen LogP contribution is 2.33. The van der Waals surface area contributed by atoms with E-state index in [1.165, 1.54) is 0 Å². The standard InChI is InChI=1S/C26H41N3O3/c1-25(2,3)30-13-7-8-20-14-24(19(17-27)18-28-20)29-11-9-21(10-12-29)31-22-15-23(16-22)32-26(4,5)6/h14,18,21-23H,7-13,15-16H2,1-6H3. The van der Waals surface area contributed by atoms with Crippen molar-refractivity contribution >= 4 is 5.69 Å². The van der Waals surface area contributed by atoms with E-state index in [1.54, 1.807) is 6.20 Å². The molecule has 0 radical (unpaired) electrons. The quantitative estimate of drug-likeness (QED) is 0.525. The van der Waals surface area contributed by atoms with Crippen molar-refractivity contribution in [3.63, 3.8) is 0 Å². The highest BCUT2D eigenvalue weighted by atomic mass is 16.5. The Morgan fingerprint density at radius 3 is 2.31 bits per heavy atom. The Balaban J connectivity index is 1.46. The van der Waals surface area contributed by atoms with Crippen LogP contribution in [0.25, 0.3) is 0 Å². The van der Waals surface area contributed by atoms with Crippen LogP contribution in [0.5, 0.6) is 0 Å². The number of nitriles is 1. The molecule has 1 aliphatic heterocycles. The fourth-order valence-electron chi connectivity index (χ4n) is 4.33. The van der Waals surface area contributed by atoms with Gasteiger partial charge in [-0.2, -0.15) is 5.26 Å². The monoisotopic (exact) mass is 443 g/mol. The maximum absolute atomic E-state index is 9.59. The van der Waals surface area contributed by atoms with Crippen LogP contribution in [0.1, 0.15) is 84.9 Å². The second-order valence-electron chi connectivity index (χ2n) is 11.1. The molecule has 0 aromatic carbocycles. The average molecular weight is 444 g/mol. The van der Waals surface area contributed by atoms with E-state index in [0.717, 1.165) is 63.0 Å². The highest BCUT2D eigenvalue weighted by Gasteiger charge is 2.36. The van der Waals surface area contributed by atoms with E-state index in [9.17, 15) is 5.26 Å². The lowest BCUT2D eigenvalue weighted by atomic mass is 9.90. The number of aryl methyl sites for hydroxylation is 1. The molecular formula is C26H41N3O3. The molecule has 1 aromatic rings. The predicted molar refractivity (Wildman–Crippen MR) is 127 cm³/mol. The maximum atomic E-state index is 9.59. The predicted octanol–water partition coefficient (Wildman–Crippen LogP) is 5.03. The van der Waals surface area contributed by atoms with Gasteiger partial charge in [-0.3, -0.25) is 4.98 Å². The number of ether oxygens (including phenoxy) is 3. The molecule has 0 amide bonds. The summed E-state index contributed by atoms with van der Waals surface area (Å²) in [6, 6.07) is 4.41. The number of nitrogens with zero attached hydrogens (tertiary/aromatic N) is 3. The van der Waals surface area contributed by atoms with Gasteiger partial charge in [0.1, 0.15) is 6.07 Å². The molecule has 0 atom stereocenters. The topological polar surface area (TPSA) is 67.6 Å². The van der Waals surface area contributed by atoms with E-state index >= 15 is 0 Å². The molecule has 32 heavy (non-hydrogen) atoms. The zero-order valence-electron chi connectivity index (χ0n) is 20.8. The molecule has 1 saturated carbocycles. The van der Waals surface area contributed by atoms with Gasteiger partial charge in [0.05, 0.1) is 40.8 Å². The van der Waals surface area contributed by atoms with Crippen LogP contribution in [0.2, 0.25) is 0 Å². The minimum atomic E-state index is -0.115. The minimum absolute atomic E-state index is 0.0809. The summed E-state index contributed by atoms with van der Waals surface area (Å²) in [6.07, 6.45) is 8.45. The lowest BCUT2D eigenvalue weighted by molar-refractivity contribution is -0.164. The third-order valence-corrected chi connectivity index (χ3v) is 5.91. The highest BCUT2D eigenvalue weighted by molar-refractivity contribution is 5.59. The Morgan fingerprint density at radius 1 is 1.03 bits per heavy atom. The normalized spacial score (nSPS) is 22.5. The first-order valence-corrected chi connectivity index (χ1v) is 12.1. The number of hydrogen-bond acceptors (Lipinski definition) is 6. The Bertz CT molecular complexity index is 777. The molecule has 1 saturated heterocycles. The summed E-state index contributed by atoms with van der Waals surface area (Å²) in [5.41, 5.74) is 2.49. The summed E-state index contributed by atoms with van der Waals surface area (Å²) in [4.78, 5) is 6.82. The van der Waals surface area contributed by atoms with Crippen molar-refractivity contribution in [2.24, 2.45) is 0 Å². The van der Waals surface area contributed by atoms with Gasteiger partial charge in [-0.05, 0) is 86.1 Å². The lowest BCUT2D eigenvalue weighted by Gasteiger charge is -2.42.